The van der Waals surface area contributed by atoms with E-state index in [0.29, 0.717) is 11.4 Å². The summed E-state index contributed by atoms with van der Waals surface area (Å²) >= 11 is 1.80. The smallest absolute Gasteiger partial charge is 0.242 e. The molecule has 2 rings (SSSR count). The Hall–Kier alpha value is -0.500. The molecule has 0 aromatic carbocycles. The molecular weight excluding hydrogens is 282 g/mol. The van der Waals surface area contributed by atoms with Crippen LogP contribution < -0.4 is 10.0 Å². The molecule has 1 aromatic heterocycles. The Labute approximate surface area is 119 Å². The van der Waals surface area contributed by atoms with Crippen molar-refractivity contribution in [1.82, 2.24) is 14.6 Å². The first kappa shape index (κ1) is 14.9. The molecular formula is C12H21N3O2S2. The second-order valence-corrected chi connectivity index (χ2v) is 7.60. The first-order chi connectivity index (χ1) is 9.03. The first-order valence-corrected chi connectivity index (χ1v) is 9.12. The zero-order valence-electron chi connectivity index (χ0n) is 11.3. The number of thioether (sulfide) groups is 1. The molecule has 7 heteroatoms. The Bertz CT molecular complexity index is 519. The minimum absolute atomic E-state index is 0.0763. The molecule has 0 aliphatic carbocycles. The van der Waals surface area contributed by atoms with Gasteiger partial charge in [-0.05, 0) is 24.8 Å². The van der Waals surface area contributed by atoms with Gasteiger partial charge in [0.25, 0.3) is 0 Å². The van der Waals surface area contributed by atoms with E-state index in [2.05, 4.69) is 10.0 Å². The number of nitrogens with one attached hydrogen (secondary N) is 2. The molecule has 0 saturated carbocycles. The van der Waals surface area contributed by atoms with Crippen LogP contribution in [0, 0.1) is 0 Å². The molecule has 1 saturated heterocycles. The fourth-order valence-corrected chi connectivity index (χ4v) is 4.69. The number of nitrogens with zero attached hydrogens (tertiary/aromatic N) is 1. The molecule has 1 aliphatic heterocycles. The van der Waals surface area contributed by atoms with Crippen LogP contribution in [0.1, 0.15) is 19.0 Å². The summed E-state index contributed by atoms with van der Waals surface area (Å²) in [5.41, 5.74) is 0.975. The summed E-state index contributed by atoms with van der Waals surface area (Å²) < 4.78 is 29.2. The van der Waals surface area contributed by atoms with Gasteiger partial charge in [-0.2, -0.15) is 11.8 Å². The Balaban J connectivity index is 2.11. The molecule has 2 heterocycles. The maximum absolute atomic E-state index is 12.3. The van der Waals surface area contributed by atoms with E-state index in [9.17, 15) is 8.42 Å². The number of rotatable bonds is 6. The van der Waals surface area contributed by atoms with Crippen molar-refractivity contribution < 1.29 is 8.42 Å². The highest BCUT2D eigenvalue weighted by atomic mass is 32.2. The van der Waals surface area contributed by atoms with Crippen LogP contribution in [0.15, 0.2) is 17.2 Å². The summed E-state index contributed by atoms with van der Waals surface area (Å²) in [5, 5.41) is 3.20. The second kappa shape index (κ2) is 6.30. The largest absolute Gasteiger partial charge is 0.352 e. The Kier molecular flexibility index (Phi) is 4.94. The van der Waals surface area contributed by atoms with Crippen molar-refractivity contribution in [3.63, 3.8) is 0 Å². The SMILES string of the molecule is CCNCc1cc(S(=O)(=O)NC2CCSC2)cn1C. The number of hydrogen-bond acceptors (Lipinski definition) is 4. The van der Waals surface area contributed by atoms with Crippen LogP contribution in [-0.2, 0) is 23.6 Å². The van der Waals surface area contributed by atoms with E-state index in [1.54, 1.807) is 24.0 Å². The highest BCUT2D eigenvalue weighted by Crippen LogP contribution is 2.20. The predicted octanol–water partition coefficient (Wildman–Crippen LogP) is 0.918. The molecule has 0 radical (unpaired) electrons. The quantitative estimate of drug-likeness (QED) is 0.820. The Morgan fingerprint density at radius 3 is 2.95 bits per heavy atom. The van der Waals surface area contributed by atoms with E-state index in [0.717, 1.165) is 30.2 Å². The molecule has 2 N–H and O–H groups in total. The molecule has 0 spiro atoms. The summed E-state index contributed by atoms with van der Waals surface area (Å²) in [6.45, 7) is 3.58. The fourth-order valence-electron chi connectivity index (χ4n) is 2.07. The Morgan fingerprint density at radius 1 is 1.53 bits per heavy atom. The molecule has 19 heavy (non-hydrogen) atoms. The van der Waals surface area contributed by atoms with Crippen LogP contribution in [0.2, 0.25) is 0 Å². The normalized spacial score (nSPS) is 20.0. The van der Waals surface area contributed by atoms with Gasteiger partial charge in [0.2, 0.25) is 10.0 Å². The molecule has 1 atom stereocenters. The van der Waals surface area contributed by atoms with Crippen molar-refractivity contribution >= 4 is 21.8 Å². The average molecular weight is 303 g/mol. The topological polar surface area (TPSA) is 63.1 Å². The summed E-state index contributed by atoms with van der Waals surface area (Å²) in [5.74, 6) is 1.91. The minimum Gasteiger partial charge on any atom is -0.352 e. The molecule has 1 aromatic rings. The molecule has 0 amide bonds. The zero-order chi connectivity index (χ0) is 13.9. The van der Waals surface area contributed by atoms with E-state index in [1.165, 1.54) is 0 Å². The van der Waals surface area contributed by atoms with Crippen molar-refractivity contribution in [3.05, 3.63) is 18.0 Å². The lowest BCUT2D eigenvalue weighted by atomic mass is 10.3. The molecule has 1 aliphatic rings. The molecule has 1 unspecified atom stereocenters. The van der Waals surface area contributed by atoms with Crippen LogP contribution in [0.3, 0.4) is 0 Å². The highest BCUT2D eigenvalue weighted by molar-refractivity contribution is 7.99. The van der Waals surface area contributed by atoms with Crippen molar-refractivity contribution in [2.45, 2.75) is 30.8 Å². The van der Waals surface area contributed by atoms with Gasteiger partial charge in [0.15, 0.2) is 0 Å². The number of sulfonamides is 1. The molecule has 1 fully saturated rings. The second-order valence-electron chi connectivity index (χ2n) is 4.74. The van der Waals surface area contributed by atoms with Crippen LogP contribution >= 0.6 is 11.8 Å². The standard InChI is InChI=1S/C12H21N3O2S2/c1-3-13-7-11-6-12(8-15(11)2)19(16,17)14-10-4-5-18-9-10/h6,8,10,13-14H,3-5,7,9H2,1-2H3. The summed E-state index contributed by atoms with van der Waals surface area (Å²) in [7, 11) is -1.51. The predicted molar refractivity (Wildman–Crippen MR) is 78.8 cm³/mol. The van der Waals surface area contributed by atoms with Gasteiger partial charge in [-0.15, -0.1) is 0 Å². The molecule has 108 valence electrons. The zero-order valence-corrected chi connectivity index (χ0v) is 13.0. The fraction of sp³-hybridized carbons (Fsp3) is 0.667. The summed E-state index contributed by atoms with van der Waals surface area (Å²) in [4.78, 5) is 0.361. The van der Waals surface area contributed by atoms with E-state index in [1.807, 2.05) is 18.5 Å². The van der Waals surface area contributed by atoms with Crippen molar-refractivity contribution in [1.29, 1.82) is 0 Å². The van der Waals surface area contributed by atoms with Crippen molar-refractivity contribution in [3.8, 4) is 0 Å². The van der Waals surface area contributed by atoms with E-state index < -0.39 is 10.0 Å². The maximum Gasteiger partial charge on any atom is 0.242 e. The monoisotopic (exact) mass is 303 g/mol. The van der Waals surface area contributed by atoms with E-state index in [4.69, 9.17) is 0 Å². The van der Waals surface area contributed by atoms with Gasteiger partial charge in [0.05, 0.1) is 4.90 Å². The van der Waals surface area contributed by atoms with Crippen LogP contribution in [-0.4, -0.2) is 37.1 Å². The van der Waals surface area contributed by atoms with Gasteiger partial charge in [-0.3, -0.25) is 0 Å². The third-order valence-electron chi connectivity index (χ3n) is 3.20. The average Bonchev–Trinajstić information content (AvgIpc) is 2.96. The number of aromatic nitrogens is 1. The van der Waals surface area contributed by atoms with Crippen LogP contribution in [0.5, 0.6) is 0 Å². The van der Waals surface area contributed by atoms with Crippen molar-refractivity contribution in [2.24, 2.45) is 7.05 Å². The first-order valence-electron chi connectivity index (χ1n) is 6.49. The minimum atomic E-state index is -3.38. The Morgan fingerprint density at radius 2 is 2.32 bits per heavy atom. The lowest BCUT2D eigenvalue weighted by Crippen LogP contribution is -2.34. The van der Waals surface area contributed by atoms with Gasteiger partial charge in [-0.25, -0.2) is 13.1 Å². The third kappa shape index (κ3) is 3.75. The highest BCUT2D eigenvalue weighted by Gasteiger charge is 2.24. The number of aryl methyl sites for hydroxylation is 1. The molecule has 0 bridgehead atoms. The van der Waals surface area contributed by atoms with Gasteiger partial charge in [0, 0.05) is 37.3 Å². The van der Waals surface area contributed by atoms with E-state index in [-0.39, 0.29) is 6.04 Å². The number of hydrogen-bond donors (Lipinski definition) is 2. The third-order valence-corrected chi connectivity index (χ3v) is 5.85. The van der Waals surface area contributed by atoms with E-state index >= 15 is 0 Å². The maximum atomic E-state index is 12.3. The van der Waals surface area contributed by atoms with Crippen LogP contribution in [0.4, 0.5) is 0 Å². The summed E-state index contributed by atoms with van der Waals surface area (Å²) in [6, 6.07) is 1.82. The van der Waals surface area contributed by atoms with Gasteiger partial charge in [0.1, 0.15) is 0 Å². The molecule has 5 nitrogen and oxygen atoms in total. The van der Waals surface area contributed by atoms with Crippen LogP contribution in [0.25, 0.3) is 0 Å². The van der Waals surface area contributed by atoms with Gasteiger partial charge < -0.3 is 9.88 Å². The van der Waals surface area contributed by atoms with Gasteiger partial charge in [-0.1, -0.05) is 6.92 Å². The van der Waals surface area contributed by atoms with Crippen molar-refractivity contribution in [2.75, 3.05) is 18.1 Å². The van der Waals surface area contributed by atoms with Gasteiger partial charge >= 0.3 is 0 Å². The lowest BCUT2D eigenvalue weighted by Gasteiger charge is -2.10. The summed E-state index contributed by atoms with van der Waals surface area (Å²) in [6.07, 6.45) is 2.60. The lowest BCUT2D eigenvalue weighted by molar-refractivity contribution is 0.563.